The van der Waals surface area contributed by atoms with Gasteiger partial charge >= 0.3 is 0 Å². The molecule has 0 fully saturated rings. The summed E-state index contributed by atoms with van der Waals surface area (Å²) < 4.78 is 5.46. The average molecular weight is 206 g/mol. The third kappa shape index (κ3) is 2.32. The number of aliphatic hydroxyl groups is 1. The van der Waals surface area contributed by atoms with E-state index >= 15 is 0 Å². The number of fused-ring (bicyclic) bond motifs is 1. The van der Waals surface area contributed by atoms with Gasteiger partial charge in [-0.2, -0.15) is 0 Å². The van der Waals surface area contributed by atoms with Crippen molar-refractivity contribution in [1.82, 2.24) is 0 Å². The standard InChI is InChI=1S/C13H18O2/c1-2-10(9-14)7-11-3-4-13-12(8-11)5-6-15-13/h3-4,8,10,14H,2,5-7,9H2,1H3. The molecule has 1 aliphatic rings. The molecule has 0 bridgehead atoms. The number of hydrogen-bond acceptors (Lipinski definition) is 2. The summed E-state index contributed by atoms with van der Waals surface area (Å²) in [5, 5.41) is 9.16. The normalized spacial score (nSPS) is 15.9. The Kier molecular flexibility index (Phi) is 3.27. The number of ether oxygens (including phenoxy) is 1. The maximum absolute atomic E-state index is 9.16. The fourth-order valence-electron chi connectivity index (χ4n) is 2.04. The lowest BCUT2D eigenvalue weighted by atomic mass is 9.96. The Labute approximate surface area is 90.9 Å². The first-order valence-electron chi connectivity index (χ1n) is 5.69. The second-order valence-electron chi connectivity index (χ2n) is 4.20. The molecule has 0 aliphatic carbocycles. The van der Waals surface area contributed by atoms with Crippen LogP contribution in [0, 0.1) is 5.92 Å². The molecule has 2 rings (SSSR count). The van der Waals surface area contributed by atoms with Gasteiger partial charge in [-0.15, -0.1) is 0 Å². The van der Waals surface area contributed by atoms with Crippen LogP contribution in [0.3, 0.4) is 0 Å². The predicted molar refractivity (Wildman–Crippen MR) is 60.2 cm³/mol. The van der Waals surface area contributed by atoms with Crippen molar-refractivity contribution in [2.75, 3.05) is 13.2 Å². The molecule has 1 atom stereocenters. The highest BCUT2D eigenvalue weighted by atomic mass is 16.5. The molecule has 0 aromatic heterocycles. The van der Waals surface area contributed by atoms with Crippen molar-refractivity contribution in [2.45, 2.75) is 26.2 Å². The number of benzene rings is 1. The molecule has 2 heteroatoms. The van der Waals surface area contributed by atoms with E-state index in [9.17, 15) is 0 Å². The lowest BCUT2D eigenvalue weighted by molar-refractivity contribution is 0.222. The van der Waals surface area contributed by atoms with Crippen LogP contribution in [0.4, 0.5) is 0 Å². The van der Waals surface area contributed by atoms with E-state index in [1.54, 1.807) is 0 Å². The predicted octanol–water partition coefficient (Wildman–Crippen LogP) is 2.18. The first-order valence-corrected chi connectivity index (χ1v) is 5.69. The smallest absolute Gasteiger partial charge is 0.122 e. The van der Waals surface area contributed by atoms with Gasteiger partial charge in [0.25, 0.3) is 0 Å². The molecule has 0 saturated carbocycles. The Morgan fingerprint density at radius 2 is 2.33 bits per heavy atom. The van der Waals surface area contributed by atoms with E-state index in [-0.39, 0.29) is 6.61 Å². The fourth-order valence-corrected chi connectivity index (χ4v) is 2.04. The largest absolute Gasteiger partial charge is 0.493 e. The molecule has 0 spiro atoms. The molecular weight excluding hydrogens is 188 g/mol. The summed E-state index contributed by atoms with van der Waals surface area (Å²) in [4.78, 5) is 0. The quantitative estimate of drug-likeness (QED) is 0.818. The number of hydrogen-bond donors (Lipinski definition) is 1. The summed E-state index contributed by atoms with van der Waals surface area (Å²) in [6, 6.07) is 6.39. The average Bonchev–Trinajstić information content (AvgIpc) is 2.73. The molecule has 0 saturated heterocycles. The van der Waals surface area contributed by atoms with Crippen LogP contribution in [0.25, 0.3) is 0 Å². The van der Waals surface area contributed by atoms with E-state index in [0.29, 0.717) is 5.92 Å². The third-order valence-electron chi connectivity index (χ3n) is 3.11. The van der Waals surface area contributed by atoms with E-state index in [0.717, 1.165) is 31.6 Å². The summed E-state index contributed by atoms with van der Waals surface area (Å²) in [5.74, 6) is 1.43. The van der Waals surface area contributed by atoms with Crippen molar-refractivity contribution in [3.8, 4) is 5.75 Å². The molecule has 1 aliphatic heterocycles. The summed E-state index contributed by atoms with van der Waals surface area (Å²) in [6.45, 7) is 3.22. The lowest BCUT2D eigenvalue weighted by Crippen LogP contribution is -2.08. The highest BCUT2D eigenvalue weighted by Crippen LogP contribution is 2.27. The van der Waals surface area contributed by atoms with Crippen molar-refractivity contribution in [3.05, 3.63) is 29.3 Å². The van der Waals surface area contributed by atoms with Crippen LogP contribution in [0.15, 0.2) is 18.2 Å². The maximum Gasteiger partial charge on any atom is 0.122 e. The Bertz CT molecular complexity index is 329. The van der Waals surface area contributed by atoms with Gasteiger partial charge in [0.15, 0.2) is 0 Å². The molecule has 0 radical (unpaired) electrons. The van der Waals surface area contributed by atoms with Crippen LogP contribution in [0.5, 0.6) is 5.75 Å². The van der Waals surface area contributed by atoms with E-state index < -0.39 is 0 Å². The fraction of sp³-hybridized carbons (Fsp3) is 0.538. The van der Waals surface area contributed by atoms with Crippen molar-refractivity contribution in [1.29, 1.82) is 0 Å². The first kappa shape index (κ1) is 10.5. The van der Waals surface area contributed by atoms with Crippen LogP contribution in [0.1, 0.15) is 24.5 Å². The van der Waals surface area contributed by atoms with E-state index in [1.165, 1.54) is 11.1 Å². The van der Waals surface area contributed by atoms with E-state index in [4.69, 9.17) is 9.84 Å². The van der Waals surface area contributed by atoms with Gasteiger partial charge in [0, 0.05) is 13.0 Å². The summed E-state index contributed by atoms with van der Waals surface area (Å²) >= 11 is 0. The topological polar surface area (TPSA) is 29.5 Å². The monoisotopic (exact) mass is 206 g/mol. The second kappa shape index (κ2) is 4.67. The van der Waals surface area contributed by atoms with Gasteiger partial charge in [-0.25, -0.2) is 0 Å². The zero-order valence-corrected chi connectivity index (χ0v) is 9.20. The molecule has 1 N–H and O–H groups in total. The van der Waals surface area contributed by atoms with Crippen LogP contribution in [-0.2, 0) is 12.8 Å². The Balaban J connectivity index is 2.09. The van der Waals surface area contributed by atoms with Crippen molar-refractivity contribution < 1.29 is 9.84 Å². The summed E-state index contributed by atoms with van der Waals surface area (Å²) in [6.07, 6.45) is 3.03. The SMILES string of the molecule is CCC(CO)Cc1ccc2c(c1)CCO2. The Morgan fingerprint density at radius 3 is 3.07 bits per heavy atom. The van der Waals surface area contributed by atoms with Gasteiger partial charge in [0.1, 0.15) is 5.75 Å². The minimum absolute atomic E-state index is 0.282. The van der Waals surface area contributed by atoms with Crippen LogP contribution < -0.4 is 4.74 Å². The molecule has 1 aromatic rings. The van der Waals surface area contributed by atoms with E-state index in [2.05, 4.69) is 25.1 Å². The molecular formula is C13H18O2. The third-order valence-corrected chi connectivity index (χ3v) is 3.11. The molecule has 1 unspecified atom stereocenters. The van der Waals surface area contributed by atoms with Gasteiger partial charge in [-0.3, -0.25) is 0 Å². The van der Waals surface area contributed by atoms with Crippen LogP contribution in [-0.4, -0.2) is 18.3 Å². The molecule has 0 amide bonds. The zero-order valence-electron chi connectivity index (χ0n) is 9.20. The van der Waals surface area contributed by atoms with Crippen LogP contribution in [0.2, 0.25) is 0 Å². The van der Waals surface area contributed by atoms with Gasteiger partial charge in [0.05, 0.1) is 6.61 Å². The zero-order chi connectivity index (χ0) is 10.7. The summed E-state index contributed by atoms with van der Waals surface area (Å²) in [7, 11) is 0. The second-order valence-corrected chi connectivity index (χ2v) is 4.20. The van der Waals surface area contributed by atoms with Gasteiger partial charge in [0.2, 0.25) is 0 Å². The van der Waals surface area contributed by atoms with Crippen molar-refractivity contribution >= 4 is 0 Å². The summed E-state index contributed by atoms with van der Waals surface area (Å²) in [5.41, 5.74) is 2.64. The number of aliphatic hydroxyl groups excluding tert-OH is 1. The number of rotatable bonds is 4. The minimum atomic E-state index is 0.282. The van der Waals surface area contributed by atoms with Crippen LogP contribution >= 0.6 is 0 Å². The van der Waals surface area contributed by atoms with Gasteiger partial charge in [-0.1, -0.05) is 25.5 Å². The Hall–Kier alpha value is -1.02. The molecule has 15 heavy (non-hydrogen) atoms. The minimum Gasteiger partial charge on any atom is -0.493 e. The molecule has 2 nitrogen and oxygen atoms in total. The lowest BCUT2D eigenvalue weighted by Gasteiger charge is -2.11. The molecule has 1 aromatic carbocycles. The highest BCUT2D eigenvalue weighted by Gasteiger charge is 2.13. The first-order chi connectivity index (χ1) is 7.33. The van der Waals surface area contributed by atoms with Crippen molar-refractivity contribution in [3.63, 3.8) is 0 Å². The molecule has 1 heterocycles. The highest BCUT2D eigenvalue weighted by molar-refractivity contribution is 5.39. The van der Waals surface area contributed by atoms with Crippen molar-refractivity contribution in [2.24, 2.45) is 5.92 Å². The Morgan fingerprint density at radius 1 is 1.47 bits per heavy atom. The maximum atomic E-state index is 9.16. The van der Waals surface area contributed by atoms with E-state index in [1.807, 2.05) is 0 Å². The van der Waals surface area contributed by atoms with Gasteiger partial charge in [-0.05, 0) is 29.5 Å². The molecule has 82 valence electrons. The van der Waals surface area contributed by atoms with Gasteiger partial charge < -0.3 is 9.84 Å².